The molecule has 3 nitrogen and oxygen atoms in total. The largest absolute Gasteiger partial charge is 0.497 e. The van der Waals surface area contributed by atoms with Crippen molar-refractivity contribution in [2.24, 2.45) is 0 Å². The molecule has 0 saturated heterocycles. The van der Waals surface area contributed by atoms with Crippen LogP contribution in [-0.4, -0.2) is 18.2 Å². The number of alkyl halides is 3. The van der Waals surface area contributed by atoms with Gasteiger partial charge in [0.2, 0.25) is 0 Å². The van der Waals surface area contributed by atoms with Crippen molar-refractivity contribution in [2.75, 3.05) is 7.11 Å². The van der Waals surface area contributed by atoms with Gasteiger partial charge in [-0.3, -0.25) is 4.79 Å². The molecule has 0 bridgehead atoms. The summed E-state index contributed by atoms with van der Waals surface area (Å²) in [4.78, 5) is 10.9. The van der Waals surface area contributed by atoms with E-state index in [1.165, 1.54) is 25.3 Å². The zero-order valence-electron chi connectivity index (χ0n) is 13.6. The number of carboxylic acids is 1. The number of rotatable bonds is 5. The average Bonchev–Trinajstić information content (AvgIpc) is 2.58. The van der Waals surface area contributed by atoms with Crippen molar-refractivity contribution in [1.82, 2.24) is 0 Å². The van der Waals surface area contributed by atoms with Gasteiger partial charge in [0.05, 0.1) is 19.1 Å². The van der Waals surface area contributed by atoms with Crippen molar-refractivity contribution in [3.63, 3.8) is 0 Å². The third-order valence-corrected chi connectivity index (χ3v) is 3.81. The highest BCUT2D eigenvalue weighted by atomic mass is 19.4. The van der Waals surface area contributed by atoms with E-state index in [1.54, 1.807) is 18.2 Å². The minimum absolute atomic E-state index is 0.0148. The van der Waals surface area contributed by atoms with Crippen LogP contribution in [0.1, 0.15) is 24.0 Å². The fourth-order valence-electron chi connectivity index (χ4n) is 2.62. The van der Waals surface area contributed by atoms with Gasteiger partial charge in [-0.05, 0) is 46.9 Å². The Balaban J connectivity index is 2.60. The molecule has 0 atom stereocenters. The highest BCUT2D eigenvalue weighted by Gasteiger charge is 2.34. The average molecular weight is 350 g/mol. The zero-order chi connectivity index (χ0) is 18.6. The van der Waals surface area contributed by atoms with Crippen LogP contribution >= 0.6 is 0 Å². The Hall–Kier alpha value is -2.76. The van der Waals surface area contributed by atoms with Crippen LogP contribution in [0.3, 0.4) is 0 Å². The first kappa shape index (κ1) is 18.6. The number of hydrogen-bond donors (Lipinski definition) is 1. The Morgan fingerprint density at radius 1 is 1.40 bits per heavy atom. The van der Waals surface area contributed by atoms with Crippen LogP contribution in [0, 0.1) is 0 Å². The Bertz CT molecular complexity index is 784. The molecule has 6 heteroatoms. The maximum absolute atomic E-state index is 13.3. The Kier molecular flexibility index (Phi) is 5.51. The molecule has 0 aliphatic heterocycles. The Labute approximate surface area is 143 Å². The lowest BCUT2D eigenvalue weighted by atomic mass is 9.90. The number of halogens is 3. The van der Waals surface area contributed by atoms with Crippen molar-refractivity contribution in [1.29, 1.82) is 0 Å². The number of allylic oxidation sites excluding steroid dienone is 6. The summed E-state index contributed by atoms with van der Waals surface area (Å²) in [5.41, 5.74) is 0.664. The Morgan fingerprint density at radius 3 is 2.68 bits per heavy atom. The predicted molar refractivity (Wildman–Crippen MR) is 89.2 cm³/mol. The molecule has 0 unspecified atom stereocenters. The molecule has 0 heterocycles. The van der Waals surface area contributed by atoms with Crippen LogP contribution in [0.25, 0.3) is 5.57 Å². The molecule has 0 saturated carbocycles. The van der Waals surface area contributed by atoms with Gasteiger partial charge in [-0.25, -0.2) is 0 Å². The Morgan fingerprint density at radius 2 is 2.12 bits per heavy atom. The van der Waals surface area contributed by atoms with Crippen molar-refractivity contribution in [3.8, 4) is 5.75 Å². The first-order valence-electron chi connectivity index (χ1n) is 7.46. The summed E-state index contributed by atoms with van der Waals surface area (Å²) < 4.78 is 45.0. The molecule has 1 N–H and O–H groups in total. The van der Waals surface area contributed by atoms with Crippen LogP contribution in [0.2, 0.25) is 0 Å². The van der Waals surface area contributed by atoms with E-state index in [0.29, 0.717) is 28.9 Å². The van der Waals surface area contributed by atoms with Crippen LogP contribution in [0.15, 0.2) is 60.2 Å². The maximum Gasteiger partial charge on any atom is 0.417 e. The van der Waals surface area contributed by atoms with E-state index in [-0.39, 0.29) is 12.0 Å². The number of aliphatic carboxylic acids is 1. The standard InChI is InChI=1S/C19H17F3O3/c1-3-12(10-18(23)24)13-5-4-6-14(9-13)16-11-15(25-2)7-8-17(16)19(20,21)22/h3-4,6-9,11H,1,5,10H2,2H3,(H,23,24)/b13-12-. The first-order chi connectivity index (χ1) is 11.8. The summed E-state index contributed by atoms with van der Waals surface area (Å²) >= 11 is 0. The fraction of sp³-hybridized carbons (Fsp3) is 0.211. The number of ether oxygens (including phenoxy) is 1. The van der Waals surface area contributed by atoms with Gasteiger partial charge in [0, 0.05) is 0 Å². The summed E-state index contributed by atoms with van der Waals surface area (Å²) in [7, 11) is 1.38. The second kappa shape index (κ2) is 7.42. The quantitative estimate of drug-likeness (QED) is 0.811. The summed E-state index contributed by atoms with van der Waals surface area (Å²) in [5, 5.41) is 8.96. The summed E-state index contributed by atoms with van der Waals surface area (Å²) in [6, 6.07) is 3.56. The van der Waals surface area contributed by atoms with Gasteiger partial charge < -0.3 is 9.84 Å². The molecule has 0 radical (unpaired) electrons. The SMILES string of the molecule is C=C/C(CC(=O)O)=C1/C=C(c2cc(OC)ccc2C(F)(F)F)C=CC1. The lowest BCUT2D eigenvalue weighted by molar-refractivity contribution is -0.138. The van der Waals surface area contributed by atoms with Gasteiger partial charge >= 0.3 is 12.1 Å². The van der Waals surface area contributed by atoms with E-state index in [4.69, 9.17) is 9.84 Å². The van der Waals surface area contributed by atoms with E-state index < -0.39 is 17.7 Å². The summed E-state index contributed by atoms with van der Waals surface area (Å²) in [6.45, 7) is 3.60. The van der Waals surface area contributed by atoms with Crippen LogP contribution in [0.5, 0.6) is 5.75 Å². The third kappa shape index (κ3) is 4.41. The molecule has 2 rings (SSSR count). The number of benzene rings is 1. The molecule has 1 aliphatic rings. The van der Waals surface area contributed by atoms with Crippen LogP contribution < -0.4 is 4.74 Å². The topological polar surface area (TPSA) is 46.5 Å². The molecule has 0 aromatic heterocycles. The molecule has 1 aromatic carbocycles. The minimum atomic E-state index is -4.51. The van der Waals surface area contributed by atoms with Crippen molar-refractivity contribution in [3.05, 3.63) is 71.4 Å². The molecule has 1 aliphatic carbocycles. The first-order valence-corrected chi connectivity index (χ1v) is 7.46. The molecule has 0 amide bonds. The van der Waals surface area contributed by atoms with Gasteiger partial charge in [-0.2, -0.15) is 13.2 Å². The van der Waals surface area contributed by atoms with Gasteiger partial charge in [0.25, 0.3) is 0 Å². The lowest BCUT2D eigenvalue weighted by Crippen LogP contribution is -2.09. The van der Waals surface area contributed by atoms with Gasteiger partial charge in [-0.15, -0.1) is 0 Å². The summed E-state index contributed by atoms with van der Waals surface area (Å²) in [5.74, 6) is -0.716. The van der Waals surface area contributed by atoms with Crippen molar-refractivity contribution >= 4 is 11.5 Å². The molecule has 1 aromatic rings. The second-order valence-electron chi connectivity index (χ2n) is 5.44. The fourth-order valence-corrected chi connectivity index (χ4v) is 2.62. The van der Waals surface area contributed by atoms with Crippen LogP contribution in [-0.2, 0) is 11.0 Å². The maximum atomic E-state index is 13.3. The highest BCUT2D eigenvalue weighted by Crippen LogP contribution is 2.39. The third-order valence-electron chi connectivity index (χ3n) is 3.81. The van der Waals surface area contributed by atoms with E-state index in [0.717, 1.165) is 6.07 Å². The molecular weight excluding hydrogens is 333 g/mol. The van der Waals surface area contributed by atoms with Gasteiger partial charge in [0.1, 0.15) is 5.75 Å². The lowest BCUT2D eigenvalue weighted by Gasteiger charge is -2.18. The molecule has 25 heavy (non-hydrogen) atoms. The number of hydrogen-bond acceptors (Lipinski definition) is 2. The van der Waals surface area contributed by atoms with E-state index in [9.17, 15) is 18.0 Å². The van der Waals surface area contributed by atoms with Crippen molar-refractivity contribution in [2.45, 2.75) is 19.0 Å². The van der Waals surface area contributed by atoms with Crippen molar-refractivity contribution < 1.29 is 27.8 Å². The monoisotopic (exact) mass is 350 g/mol. The van der Waals surface area contributed by atoms with Gasteiger partial charge in [-0.1, -0.05) is 30.9 Å². The minimum Gasteiger partial charge on any atom is -0.497 e. The smallest absolute Gasteiger partial charge is 0.417 e. The normalized spacial score (nSPS) is 16.2. The predicted octanol–water partition coefficient (Wildman–Crippen LogP) is 5.01. The van der Waals surface area contributed by atoms with Crippen LogP contribution in [0.4, 0.5) is 13.2 Å². The molecule has 0 spiro atoms. The molecule has 132 valence electrons. The van der Waals surface area contributed by atoms with E-state index >= 15 is 0 Å². The highest BCUT2D eigenvalue weighted by molar-refractivity contribution is 5.81. The molecule has 0 fully saturated rings. The van der Waals surface area contributed by atoms with Gasteiger partial charge in [0.15, 0.2) is 0 Å². The number of carbonyl (C=O) groups is 1. The molecular formula is C19H17F3O3. The summed E-state index contributed by atoms with van der Waals surface area (Å²) in [6.07, 6.45) is 1.98. The van der Waals surface area contributed by atoms with E-state index in [2.05, 4.69) is 6.58 Å². The second-order valence-corrected chi connectivity index (χ2v) is 5.44. The van der Waals surface area contributed by atoms with E-state index in [1.807, 2.05) is 0 Å². The zero-order valence-corrected chi connectivity index (χ0v) is 13.6. The number of carboxylic acid groups (broad SMARTS) is 1. The number of methoxy groups -OCH3 is 1.